The largest absolute Gasteiger partial charge is 0.371 e. The number of benzene rings is 1. The quantitative estimate of drug-likeness (QED) is 0.407. The lowest BCUT2D eigenvalue weighted by Gasteiger charge is -2.17. The van der Waals surface area contributed by atoms with Crippen LogP contribution in [-0.4, -0.2) is 57.1 Å². The van der Waals surface area contributed by atoms with Gasteiger partial charge in [-0.15, -0.1) is 0 Å². The highest BCUT2D eigenvalue weighted by atomic mass is 35.5. The number of hydrogen-bond donors (Lipinski definition) is 1. The molecular formula is C21H21ClN4O2. The molecule has 1 atom stereocenters. The number of aryl methyl sites for hydroxylation is 1. The highest BCUT2D eigenvalue weighted by molar-refractivity contribution is 6.30. The third-order valence-electron chi connectivity index (χ3n) is 4.38. The number of aliphatic hydroxyl groups is 1. The summed E-state index contributed by atoms with van der Waals surface area (Å²) in [6.07, 6.45) is 2.44. The number of halogens is 1. The first-order chi connectivity index (χ1) is 13.3. The van der Waals surface area contributed by atoms with E-state index in [9.17, 15) is 9.90 Å². The maximum atomic E-state index is 11.3. The van der Waals surface area contributed by atoms with Crippen LogP contribution in [0.1, 0.15) is 12.0 Å². The molecule has 0 aliphatic rings. The summed E-state index contributed by atoms with van der Waals surface area (Å²) in [4.78, 5) is 22.1. The number of rotatable bonds is 5. The van der Waals surface area contributed by atoms with E-state index in [4.69, 9.17) is 11.6 Å². The fourth-order valence-electron chi connectivity index (χ4n) is 2.77. The van der Waals surface area contributed by atoms with Gasteiger partial charge in [0.05, 0.1) is 17.5 Å². The normalized spacial score (nSPS) is 13.2. The van der Waals surface area contributed by atoms with E-state index in [-0.39, 0.29) is 6.42 Å². The van der Waals surface area contributed by atoms with Crippen molar-refractivity contribution in [2.75, 3.05) is 20.6 Å². The Hall–Kier alpha value is -2.72. The summed E-state index contributed by atoms with van der Waals surface area (Å²) in [5.41, 5.74) is 2.07. The number of aromatic nitrogens is 3. The van der Waals surface area contributed by atoms with Gasteiger partial charge in [0.15, 0.2) is 11.9 Å². The monoisotopic (exact) mass is 396 g/mol. The molecule has 1 N–H and O–H groups in total. The van der Waals surface area contributed by atoms with Crippen LogP contribution in [-0.2, 0) is 11.8 Å². The second-order valence-electron chi connectivity index (χ2n) is 6.94. The van der Waals surface area contributed by atoms with Crippen LogP contribution in [0.5, 0.6) is 0 Å². The van der Waals surface area contributed by atoms with Gasteiger partial charge in [0.25, 0.3) is 0 Å². The fraction of sp³-hybridized carbons (Fsp3) is 0.286. The third-order valence-corrected chi connectivity index (χ3v) is 4.57. The summed E-state index contributed by atoms with van der Waals surface area (Å²) in [5.74, 6) is 5.60. The van der Waals surface area contributed by atoms with Gasteiger partial charge in [-0.25, -0.2) is 9.97 Å². The molecule has 6 nitrogen and oxygen atoms in total. The van der Waals surface area contributed by atoms with Crippen molar-refractivity contribution in [2.45, 2.75) is 12.0 Å². The molecule has 0 saturated carbocycles. The van der Waals surface area contributed by atoms with E-state index in [1.54, 1.807) is 12.4 Å². The van der Waals surface area contributed by atoms with Crippen LogP contribution in [0.2, 0.25) is 5.15 Å². The van der Waals surface area contributed by atoms with Gasteiger partial charge >= 0.3 is 0 Å². The Labute approximate surface area is 168 Å². The molecule has 144 valence electrons. The minimum Gasteiger partial charge on any atom is -0.371 e. The standard InChI is InChI=1S/C21H21ClN4O2/c1-25(2)10-9-21(28,13-27)8-7-15-5-4-6-16(11-15)19-20-17(12-18(22)24-19)26(3)14-23-20/h4-6,11-14,28H,9-10H2,1-3H3/t21-/m0/s1. The van der Waals surface area contributed by atoms with Crippen molar-refractivity contribution in [1.82, 2.24) is 19.4 Å². The molecule has 0 bridgehead atoms. The van der Waals surface area contributed by atoms with Crippen LogP contribution in [0.15, 0.2) is 36.7 Å². The Balaban J connectivity index is 1.98. The topological polar surface area (TPSA) is 71.2 Å². The minimum atomic E-state index is -1.68. The first-order valence-electron chi connectivity index (χ1n) is 8.76. The molecule has 0 radical (unpaired) electrons. The fourth-order valence-corrected chi connectivity index (χ4v) is 2.96. The van der Waals surface area contributed by atoms with Gasteiger partial charge in [-0.2, -0.15) is 0 Å². The highest BCUT2D eigenvalue weighted by Crippen LogP contribution is 2.28. The van der Waals surface area contributed by atoms with Crippen molar-refractivity contribution in [3.63, 3.8) is 0 Å². The SMILES string of the molecule is CN(C)CC[C@@](O)(C#Cc1cccc(-c2nc(Cl)cc3c2ncn3C)c1)C=O. The Morgan fingerprint density at radius 2 is 2.14 bits per heavy atom. The van der Waals surface area contributed by atoms with Crippen molar-refractivity contribution in [2.24, 2.45) is 7.05 Å². The van der Waals surface area contributed by atoms with Crippen molar-refractivity contribution in [3.8, 4) is 23.1 Å². The van der Waals surface area contributed by atoms with E-state index in [1.165, 1.54) is 0 Å². The molecule has 7 heteroatoms. The van der Waals surface area contributed by atoms with Crippen LogP contribution in [0.4, 0.5) is 0 Å². The predicted octanol–water partition coefficient (Wildman–Crippen LogP) is 2.52. The Morgan fingerprint density at radius 3 is 2.86 bits per heavy atom. The molecule has 0 unspecified atom stereocenters. The van der Waals surface area contributed by atoms with Gasteiger partial charge in [-0.3, -0.25) is 4.79 Å². The number of nitrogens with zero attached hydrogens (tertiary/aromatic N) is 4. The number of aldehydes is 1. The summed E-state index contributed by atoms with van der Waals surface area (Å²) in [6.45, 7) is 0.550. The number of carbonyl (C=O) groups excluding carboxylic acids is 1. The van der Waals surface area contributed by atoms with E-state index in [0.717, 1.165) is 16.6 Å². The highest BCUT2D eigenvalue weighted by Gasteiger charge is 2.23. The van der Waals surface area contributed by atoms with Crippen LogP contribution >= 0.6 is 11.6 Å². The van der Waals surface area contributed by atoms with Gasteiger partial charge in [-0.05, 0) is 26.2 Å². The molecule has 0 fully saturated rings. The lowest BCUT2D eigenvalue weighted by molar-refractivity contribution is -0.119. The zero-order valence-electron chi connectivity index (χ0n) is 16.0. The number of pyridine rings is 1. The van der Waals surface area contributed by atoms with Crippen LogP contribution in [0.25, 0.3) is 22.3 Å². The molecule has 0 aliphatic carbocycles. The van der Waals surface area contributed by atoms with Gasteiger partial charge in [0.1, 0.15) is 10.7 Å². The Morgan fingerprint density at radius 1 is 1.36 bits per heavy atom. The maximum absolute atomic E-state index is 11.3. The summed E-state index contributed by atoms with van der Waals surface area (Å²) in [7, 11) is 5.64. The molecule has 2 heterocycles. The zero-order chi connectivity index (χ0) is 20.3. The van der Waals surface area contributed by atoms with Gasteiger partial charge in [0.2, 0.25) is 0 Å². The van der Waals surface area contributed by atoms with E-state index < -0.39 is 5.60 Å². The lowest BCUT2D eigenvalue weighted by atomic mass is 10.0. The summed E-state index contributed by atoms with van der Waals surface area (Å²) < 4.78 is 1.88. The van der Waals surface area contributed by atoms with Crippen LogP contribution < -0.4 is 0 Å². The van der Waals surface area contributed by atoms with E-state index in [1.807, 2.05) is 54.9 Å². The second-order valence-corrected chi connectivity index (χ2v) is 7.33. The molecule has 3 rings (SSSR count). The van der Waals surface area contributed by atoms with Crippen molar-refractivity contribution in [1.29, 1.82) is 0 Å². The number of hydrogen-bond acceptors (Lipinski definition) is 5. The molecule has 0 saturated heterocycles. The molecule has 2 aromatic heterocycles. The zero-order valence-corrected chi connectivity index (χ0v) is 16.7. The average molecular weight is 397 g/mol. The summed E-state index contributed by atoms with van der Waals surface area (Å²) in [6, 6.07) is 9.17. The van der Waals surface area contributed by atoms with Gasteiger partial charge in [0, 0.05) is 37.2 Å². The first-order valence-corrected chi connectivity index (χ1v) is 9.14. The lowest BCUT2D eigenvalue weighted by Crippen LogP contribution is -2.33. The second kappa shape index (κ2) is 8.11. The predicted molar refractivity (Wildman–Crippen MR) is 110 cm³/mol. The minimum absolute atomic E-state index is 0.237. The Bertz CT molecular complexity index is 1080. The van der Waals surface area contributed by atoms with E-state index in [0.29, 0.717) is 29.2 Å². The molecule has 0 spiro atoms. The maximum Gasteiger partial charge on any atom is 0.182 e. The molecule has 0 aliphatic heterocycles. The van der Waals surface area contributed by atoms with Crippen LogP contribution in [0.3, 0.4) is 0 Å². The average Bonchev–Trinajstić information content (AvgIpc) is 3.05. The third kappa shape index (κ3) is 4.39. The summed E-state index contributed by atoms with van der Waals surface area (Å²) >= 11 is 6.19. The molecule has 1 aromatic carbocycles. The summed E-state index contributed by atoms with van der Waals surface area (Å²) in [5, 5.41) is 10.8. The van der Waals surface area contributed by atoms with Crippen molar-refractivity contribution < 1.29 is 9.90 Å². The van der Waals surface area contributed by atoms with Crippen LogP contribution in [0, 0.1) is 11.8 Å². The van der Waals surface area contributed by atoms with Gasteiger partial charge < -0.3 is 14.6 Å². The molecule has 28 heavy (non-hydrogen) atoms. The smallest absolute Gasteiger partial charge is 0.182 e. The van der Waals surface area contributed by atoms with Crippen molar-refractivity contribution in [3.05, 3.63) is 47.4 Å². The molecule has 3 aromatic rings. The molecule has 0 amide bonds. The van der Waals surface area contributed by atoms with E-state index in [2.05, 4.69) is 21.8 Å². The number of fused-ring (bicyclic) bond motifs is 1. The van der Waals surface area contributed by atoms with E-state index >= 15 is 0 Å². The van der Waals surface area contributed by atoms with Gasteiger partial charge in [-0.1, -0.05) is 35.6 Å². The van der Waals surface area contributed by atoms with Crippen molar-refractivity contribution >= 4 is 28.9 Å². The Kier molecular flexibility index (Phi) is 5.80. The number of carbonyl (C=O) groups is 1. The molecular weight excluding hydrogens is 376 g/mol. The number of imidazole rings is 1. The first kappa shape index (κ1) is 20.0.